The lowest BCUT2D eigenvalue weighted by Crippen LogP contribution is -2.33. The highest BCUT2D eigenvalue weighted by Crippen LogP contribution is 2.32. The molecule has 0 aromatic heterocycles. The molecule has 152 valence electrons. The first kappa shape index (κ1) is 20.6. The van der Waals surface area contributed by atoms with Gasteiger partial charge in [0.25, 0.3) is 5.91 Å². The second-order valence-electron chi connectivity index (χ2n) is 6.64. The van der Waals surface area contributed by atoms with E-state index >= 15 is 0 Å². The average Bonchev–Trinajstić information content (AvgIpc) is 2.65. The van der Waals surface area contributed by atoms with E-state index < -0.39 is 30.2 Å². The number of halogens is 3. The molecule has 1 fully saturated rings. The minimum absolute atomic E-state index is 0.0725. The molecule has 1 saturated carbocycles. The second kappa shape index (κ2) is 8.89. The Bertz CT molecular complexity index is 894. The molecule has 1 aliphatic carbocycles. The van der Waals surface area contributed by atoms with Gasteiger partial charge in [0.1, 0.15) is 0 Å². The van der Waals surface area contributed by atoms with Gasteiger partial charge in [0.15, 0.2) is 6.61 Å². The lowest BCUT2D eigenvalue weighted by molar-refractivity contribution is -0.154. The Morgan fingerprint density at radius 2 is 1.83 bits per heavy atom. The molecule has 0 heterocycles. The molecule has 3 rings (SSSR count). The molecule has 1 aliphatic rings. The first-order valence-electron chi connectivity index (χ1n) is 9.10. The fourth-order valence-electron chi connectivity index (χ4n) is 2.71. The Balaban J connectivity index is 1.82. The number of alkyl halides is 3. The van der Waals surface area contributed by atoms with Crippen LogP contribution < -0.4 is 5.01 Å². The summed E-state index contributed by atoms with van der Waals surface area (Å²) < 4.78 is 44.2. The van der Waals surface area contributed by atoms with Crippen LogP contribution in [-0.2, 0) is 20.5 Å². The Labute approximate surface area is 165 Å². The molecule has 8 heteroatoms. The monoisotopic (exact) mass is 404 g/mol. The van der Waals surface area contributed by atoms with Crippen molar-refractivity contribution in [3.63, 3.8) is 0 Å². The van der Waals surface area contributed by atoms with E-state index in [1.807, 2.05) is 0 Å². The highest BCUT2D eigenvalue weighted by Gasteiger charge is 2.32. The van der Waals surface area contributed by atoms with Crippen molar-refractivity contribution < 1.29 is 27.5 Å². The topological polar surface area (TPSA) is 59.0 Å². The summed E-state index contributed by atoms with van der Waals surface area (Å²) in [5.74, 6) is -1.43. The van der Waals surface area contributed by atoms with E-state index in [9.17, 15) is 22.8 Å². The predicted octanol–water partition coefficient (Wildman–Crippen LogP) is 4.42. The molecule has 0 unspecified atom stereocenters. The van der Waals surface area contributed by atoms with Gasteiger partial charge in [-0.05, 0) is 36.6 Å². The summed E-state index contributed by atoms with van der Waals surface area (Å²) in [7, 11) is 0. The number of esters is 1. The van der Waals surface area contributed by atoms with Crippen LogP contribution in [0, 0.1) is 5.92 Å². The van der Waals surface area contributed by atoms with Crippen molar-refractivity contribution in [3.8, 4) is 0 Å². The van der Waals surface area contributed by atoms with Gasteiger partial charge in [-0.15, -0.1) is 0 Å². The third kappa shape index (κ3) is 5.43. The molecule has 0 saturated heterocycles. The normalized spacial score (nSPS) is 14.4. The second-order valence-corrected chi connectivity index (χ2v) is 6.64. The minimum Gasteiger partial charge on any atom is -0.455 e. The van der Waals surface area contributed by atoms with Crippen molar-refractivity contribution >= 4 is 23.8 Å². The van der Waals surface area contributed by atoms with Crippen molar-refractivity contribution in [2.24, 2.45) is 11.0 Å². The summed E-state index contributed by atoms with van der Waals surface area (Å²) in [5, 5.41) is 4.86. The van der Waals surface area contributed by atoms with E-state index in [1.54, 1.807) is 30.3 Å². The van der Waals surface area contributed by atoms with Crippen molar-refractivity contribution in [2.45, 2.75) is 25.4 Å². The summed E-state index contributed by atoms with van der Waals surface area (Å²) in [5.41, 5.74) is -0.324. The molecule has 0 spiro atoms. The van der Waals surface area contributed by atoms with Gasteiger partial charge >= 0.3 is 12.1 Å². The lowest BCUT2D eigenvalue weighted by Gasteiger charge is -2.24. The van der Waals surface area contributed by atoms with Gasteiger partial charge < -0.3 is 4.74 Å². The summed E-state index contributed by atoms with van der Waals surface area (Å²) in [6, 6.07) is 13.0. The van der Waals surface area contributed by atoms with Gasteiger partial charge in [0, 0.05) is 0 Å². The van der Waals surface area contributed by atoms with E-state index in [1.165, 1.54) is 18.3 Å². The zero-order chi connectivity index (χ0) is 20.9. The van der Waals surface area contributed by atoms with Crippen LogP contribution in [-0.4, -0.2) is 24.7 Å². The molecule has 1 amide bonds. The highest BCUT2D eigenvalue weighted by atomic mass is 19.4. The third-order valence-electron chi connectivity index (χ3n) is 4.55. The first-order chi connectivity index (χ1) is 13.8. The van der Waals surface area contributed by atoms with E-state index in [4.69, 9.17) is 4.74 Å². The van der Waals surface area contributed by atoms with Gasteiger partial charge in [-0.2, -0.15) is 23.3 Å². The summed E-state index contributed by atoms with van der Waals surface area (Å²) in [4.78, 5) is 24.5. The smallest absolute Gasteiger partial charge is 0.416 e. The number of ether oxygens (including phenoxy) is 1. The number of nitrogens with zero attached hydrogens (tertiary/aromatic N) is 2. The lowest BCUT2D eigenvalue weighted by atomic mass is 9.86. The SMILES string of the molecule is O=C(OCC(=O)N(/N=C\c1ccccc1)c1cccc(C(F)(F)F)c1)C1CCC1. The van der Waals surface area contributed by atoms with E-state index in [-0.39, 0.29) is 11.6 Å². The van der Waals surface area contributed by atoms with Gasteiger partial charge in [-0.25, -0.2) is 0 Å². The largest absolute Gasteiger partial charge is 0.455 e. The molecule has 5 nitrogen and oxygen atoms in total. The summed E-state index contributed by atoms with van der Waals surface area (Å²) >= 11 is 0. The van der Waals surface area contributed by atoms with Gasteiger partial charge in [-0.3, -0.25) is 9.59 Å². The van der Waals surface area contributed by atoms with E-state index in [2.05, 4.69) is 5.10 Å². The van der Waals surface area contributed by atoms with Crippen LogP contribution in [0.4, 0.5) is 18.9 Å². The predicted molar refractivity (Wildman–Crippen MR) is 101 cm³/mol. The molecule has 2 aromatic carbocycles. The summed E-state index contributed by atoms with van der Waals surface area (Å²) in [6.45, 7) is -0.599. The zero-order valence-corrected chi connectivity index (χ0v) is 15.4. The van der Waals surface area contributed by atoms with Gasteiger partial charge in [0.05, 0.1) is 23.4 Å². The molecule has 29 heavy (non-hydrogen) atoms. The van der Waals surface area contributed by atoms with E-state index in [0.29, 0.717) is 5.56 Å². The average molecular weight is 404 g/mol. The van der Waals surface area contributed by atoms with Crippen LogP contribution in [0.25, 0.3) is 0 Å². The first-order valence-corrected chi connectivity index (χ1v) is 9.10. The Morgan fingerprint density at radius 1 is 1.10 bits per heavy atom. The van der Waals surface area contributed by atoms with Crippen molar-refractivity contribution in [2.75, 3.05) is 11.6 Å². The van der Waals surface area contributed by atoms with Crippen molar-refractivity contribution in [1.29, 1.82) is 0 Å². The third-order valence-corrected chi connectivity index (χ3v) is 4.55. The summed E-state index contributed by atoms with van der Waals surface area (Å²) in [6.07, 6.45) is -0.838. The van der Waals surface area contributed by atoms with Crippen LogP contribution in [0.15, 0.2) is 59.7 Å². The minimum atomic E-state index is -4.56. The number of carbonyl (C=O) groups is 2. The number of carbonyl (C=O) groups excluding carboxylic acids is 2. The molecule has 0 N–H and O–H groups in total. The quantitative estimate of drug-likeness (QED) is 0.407. The van der Waals surface area contributed by atoms with E-state index in [0.717, 1.165) is 36.4 Å². The van der Waals surface area contributed by atoms with Crippen LogP contribution in [0.5, 0.6) is 0 Å². The molecule has 0 bridgehead atoms. The fourth-order valence-corrected chi connectivity index (χ4v) is 2.71. The van der Waals surface area contributed by atoms with Crippen LogP contribution in [0.3, 0.4) is 0 Å². The number of hydrogen-bond donors (Lipinski definition) is 0. The Morgan fingerprint density at radius 3 is 2.45 bits per heavy atom. The van der Waals surface area contributed by atoms with Gasteiger partial charge in [0.2, 0.25) is 0 Å². The number of amides is 1. The number of hydrogen-bond acceptors (Lipinski definition) is 4. The van der Waals surface area contributed by atoms with Crippen LogP contribution in [0.2, 0.25) is 0 Å². The maximum absolute atomic E-state index is 13.1. The van der Waals surface area contributed by atoms with Crippen LogP contribution in [0.1, 0.15) is 30.4 Å². The molecule has 0 aliphatic heterocycles. The standard InChI is InChI=1S/C21H19F3N2O3/c22-21(23,24)17-10-5-11-18(12-17)26(25-13-15-6-2-1-3-7-15)19(27)14-29-20(28)16-8-4-9-16/h1-3,5-7,10-13,16H,4,8-9,14H2/b25-13-. The van der Waals surface area contributed by atoms with Crippen molar-refractivity contribution in [3.05, 3.63) is 65.7 Å². The zero-order valence-electron chi connectivity index (χ0n) is 15.4. The maximum Gasteiger partial charge on any atom is 0.416 e. The van der Waals surface area contributed by atoms with Gasteiger partial charge in [-0.1, -0.05) is 42.8 Å². The highest BCUT2D eigenvalue weighted by molar-refractivity contribution is 5.96. The maximum atomic E-state index is 13.1. The van der Waals surface area contributed by atoms with Crippen LogP contribution >= 0.6 is 0 Å². The van der Waals surface area contributed by atoms with Crippen molar-refractivity contribution in [1.82, 2.24) is 0 Å². The Kier molecular flexibility index (Phi) is 6.31. The molecule has 0 radical (unpaired) electrons. The number of benzene rings is 2. The Hall–Kier alpha value is -3.16. The number of hydrazone groups is 1. The number of rotatable bonds is 6. The molecular weight excluding hydrogens is 385 g/mol. The molecule has 2 aromatic rings. The molecule has 0 atom stereocenters. The fraction of sp³-hybridized carbons (Fsp3) is 0.286. The molecular formula is C21H19F3N2O3. The number of anilines is 1.